The fraction of sp³-hybridized carbons (Fsp3) is 0.286. The van der Waals surface area contributed by atoms with Gasteiger partial charge in [-0.15, -0.1) is 0 Å². The smallest absolute Gasteiger partial charge is 0.153 e. The van der Waals surface area contributed by atoms with Crippen molar-refractivity contribution in [1.82, 2.24) is 9.78 Å². The highest BCUT2D eigenvalue weighted by atomic mass is 16.5. The van der Waals surface area contributed by atoms with E-state index in [2.05, 4.69) is 5.10 Å². The predicted molar refractivity (Wildman–Crippen MR) is 69.9 cm³/mol. The summed E-state index contributed by atoms with van der Waals surface area (Å²) in [4.78, 5) is 11.0. The molecule has 2 rings (SSSR count). The Morgan fingerprint density at radius 1 is 1.28 bits per heavy atom. The summed E-state index contributed by atoms with van der Waals surface area (Å²) in [5.41, 5.74) is 2.25. The number of ether oxygens (including phenoxy) is 1. The molecule has 0 aliphatic heterocycles. The molecule has 0 N–H and O–H groups in total. The van der Waals surface area contributed by atoms with Crippen LogP contribution in [0.15, 0.2) is 30.5 Å². The van der Waals surface area contributed by atoms with Gasteiger partial charge in [0.25, 0.3) is 0 Å². The zero-order valence-corrected chi connectivity index (χ0v) is 10.6. The fourth-order valence-corrected chi connectivity index (χ4v) is 1.79. The number of aromatic nitrogens is 2. The summed E-state index contributed by atoms with van der Waals surface area (Å²) < 4.78 is 7.14. The highest BCUT2D eigenvalue weighted by Crippen LogP contribution is 2.23. The van der Waals surface area contributed by atoms with Crippen LogP contribution in [0.5, 0.6) is 5.75 Å². The van der Waals surface area contributed by atoms with E-state index in [1.165, 1.54) is 0 Å². The number of aldehydes is 1. The van der Waals surface area contributed by atoms with Gasteiger partial charge in [0.2, 0.25) is 0 Å². The molecule has 1 heterocycles. The molecular weight excluding hydrogens is 228 g/mol. The van der Waals surface area contributed by atoms with Gasteiger partial charge in [0.15, 0.2) is 6.29 Å². The van der Waals surface area contributed by atoms with Gasteiger partial charge in [0.1, 0.15) is 11.4 Å². The summed E-state index contributed by atoms with van der Waals surface area (Å²) in [6, 6.07) is 7.61. The van der Waals surface area contributed by atoms with E-state index in [0.717, 1.165) is 29.8 Å². The van der Waals surface area contributed by atoms with E-state index in [4.69, 9.17) is 4.74 Å². The third-order valence-electron chi connectivity index (χ3n) is 2.68. The largest absolute Gasteiger partial charge is 0.494 e. The first-order valence-electron chi connectivity index (χ1n) is 6.04. The van der Waals surface area contributed by atoms with Crippen LogP contribution in [0.25, 0.3) is 11.3 Å². The number of aryl methyl sites for hydroxylation is 1. The Bertz CT molecular complexity index is 529. The van der Waals surface area contributed by atoms with Crippen LogP contribution in [-0.2, 0) is 6.54 Å². The first-order valence-corrected chi connectivity index (χ1v) is 6.04. The number of benzene rings is 1. The van der Waals surface area contributed by atoms with E-state index in [9.17, 15) is 4.79 Å². The van der Waals surface area contributed by atoms with Crippen LogP contribution < -0.4 is 4.74 Å². The number of hydrogen-bond donors (Lipinski definition) is 0. The highest BCUT2D eigenvalue weighted by Gasteiger charge is 2.10. The molecule has 0 aliphatic rings. The van der Waals surface area contributed by atoms with Crippen LogP contribution >= 0.6 is 0 Å². The third kappa shape index (κ3) is 2.42. The van der Waals surface area contributed by atoms with Gasteiger partial charge in [0.05, 0.1) is 12.2 Å². The second-order valence-electron chi connectivity index (χ2n) is 3.86. The zero-order chi connectivity index (χ0) is 13.0. The molecule has 0 amide bonds. The topological polar surface area (TPSA) is 44.1 Å². The van der Waals surface area contributed by atoms with Gasteiger partial charge in [-0.3, -0.25) is 9.48 Å². The van der Waals surface area contributed by atoms with E-state index in [1.807, 2.05) is 38.1 Å². The standard InChI is InChI=1S/C14H16N2O2/c1-3-16-9-12(10-17)14(15-16)11-5-7-13(8-6-11)18-4-2/h5-10H,3-4H2,1-2H3. The lowest BCUT2D eigenvalue weighted by Gasteiger charge is -2.03. The quantitative estimate of drug-likeness (QED) is 0.760. The van der Waals surface area contributed by atoms with E-state index in [-0.39, 0.29) is 0 Å². The summed E-state index contributed by atoms with van der Waals surface area (Å²) in [6.07, 6.45) is 2.60. The van der Waals surface area contributed by atoms with Gasteiger partial charge >= 0.3 is 0 Å². The van der Waals surface area contributed by atoms with Crippen molar-refractivity contribution in [1.29, 1.82) is 0 Å². The zero-order valence-electron chi connectivity index (χ0n) is 10.6. The maximum absolute atomic E-state index is 11.0. The maximum Gasteiger partial charge on any atom is 0.153 e. The number of rotatable bonds is 5. The normalized spacial score (nSPS) is 10.3. The maximum atomic E-state index is 11.0. The SMILES string of the molecule is CCOc1ccc(-c2nn(CC)cc2C=O)cc1. The molecule has 4 heteroatoms. The fourth-order valence-electron chi connectivity index (χ4n) is 1.79. The van der Waals surface area contributed by atoms with Crippen LogP contribution in [0.3, 0.4) is 0 Å². The molecule has 18 heavy (non-hydrogen) atoms. The monoisotopic (exact) mass is 244 g/mol. The van der Waals surface area contributed by atoms with E-state index < -0.39 is 0 Å². The number of carbonyl (C=O) groups excluding carboxylic acids is 1. The number of carbonyl (C=O) groups is 1. The molecule has 0 aliphatic carbocycles. The second kappa shape index (κ2) is 5.49. The molecule has 0 unspecified atom stereocenters. The lowest BCUT2D eigenvalue weighted by atomic mass is 10.1. The molecule has 0 radical (unpaired) electrons. The highest BCUT2D eigenvalue weighted by molar-refractivity contribution is 5.85. The van der Waals surface area contributed by atoms with Crippen molar-refractivity contribution >= 4 is 6.29 Å². The Balaban J connectivity index is 2.35. The van der Waals surface area contributed by atoms with Crippen LogP contribution in [0.4, 0.5) is 0 Å². The van der Waals surface area contributed by atoms with Crippen molar-refractivity contribution < 1.29 is 9.53 Å². The van der Waals surface area contributed by atoms with Gasteiger partial charge in [-0.05, 0) is 38.1 Å². The Morgan fingerprint density at radius 2 is 2.00 bits per heavy atom. The molecule has 1 aromatic heterocycles. The van der Waals surface area contributed by atoms with Gasteiger partial charge < -0.3 is 4.74 Å². The van der Waals surface area contributed by atoms with Crippen LogP contribution in [0.2, 0.25) is 0 Å². The Kier molecular flexibility index (Phi) is 3.77. The Morgan fingerprint density at radius 3 is 2.56 bits per heavy atom. The average Bonchev–Trinajstić information content (AvgIpc) is 2.83. The average molecular weight is 244 g/mol. The van der Waals surface area contributed by atoms with Gasteiger partial charge in [-0.25, -0.2) is 0 Å². The van der Waals surface area contributed by atoms with Crippen molar-refractivity contribution in [2.45, 2.75) is 20.4 Å². The summed E-state index contributed by atoms with van der Waals surface area (Å²) in [5.74, 6) is 0.823. The minimum absolute atomic E-state index is 0.612. The lowest BCUT2D eigenvalue weighted by molar-refractivity contribution is 0.112. The summed E-state index contributed by atoms with van der Waals surface area (Å²) in [6.45, 7) is 5.33. The van der Waals surface area contributed by atoms with Gasteiger partial charge in [0, 0.05) is 18.3 Å². The third-order valence-corrected chi connectivity index (χ3v) is 2.68. The minimum atomic E-state index is 0.612. The summed E-state index contributed by atoms with van der Waals surface area (Å²) in [7, 11) is 0. The van der Waals surface area contributed by atoms with E-state index in [1.54, 1.807) is 10.9 Å². The number of hydrogen-bond acceptors (Lipinski definition) is 3. The van der Waals surface area contributed by atoms with Crippen LogP contribution in [0, 0.1) is 0 Å². The van der Waals surface area contributed by atoms with Crippen molar-refractivity contribution in [2.24, 2.45) is 0 Å². The molecule has 4 nitrogen and oxygen atoms in total. The van der Waals surface area contributed by atoms with Crippen molar-refractivity contribution in [3.63, 3.8) is 0 Å². The Labute approximate surface area is 106 Å². The molecule has 0 fully saturated rings. The van der Waals surface area contributed by atoms with Crippen LogP contribution in [-0.4, -0.2) is 22.7 Å². The molecule has 0 saturated carbocycles. The molecule has 94 valence electrons. The Hall–Kier alpha value is -2.10. The predicted octanol–water partition coefficient (Wildman–Crippen LogP) is 2.78. The van der Waals surface area contributed by atoms with Crippen molar-refractivity contribution in [3.8, 4) is 17.0 Å². The second-order valence-corrected chi connectivity index (χ2v) is 3.86. The van der Waals surface area contributed by atoms with Crippen molar-refractivity contribution in [2.75, 3.05) is 6.61 Å². The first-order chi connectivity index (χ1) is 8.78. The molecule has 1 aromatic carbocycles. The molecule has 0 saturated heterocycles. The van der Waals surface area contributed by atoms with E-state index in [0.29, 0.717) is 12.2 Å². The minimum Gasteiger partial charge on any atom is -0.494 e. The van der Waals surface area contributed by atoms with Crippen molar-refractivity contribution in [3.05, 3.63) is 36.0 Å². The number of nitrogens with zero attached hydrogens (tertiary/aromatic N) is 2. The van der Waals surface area contributed by atoms with E-state index >= 15 is 0 Å². The summed E-state index contributed by atoms with van der Waals surface area (Å²) >= 11 is 0. The van der Waals surface area contributed by atoms with Gasteiger partial charge in [-0.2, -0.15) is 5.10 Å². The molecule has 0 atom stereocenters. The van der Waals surface area contributed by atoms with Gasteiger partial charge in [-0.1, -0.05) is 0 Å². The molecular formula is C14H16N2O2. The first kappa shape index (κ1) is 12.4. The van der Waals surface area contributed by atoms with Crippen LogP contribution in [0.1, 0.15) is 24.2 Å². The summed E-state index contributed by atoms with van der Waals surface area (Å²) in [5, 5.41) is 4.39. The molecule has 0 spiro atoms. The molecule has 2 aromatic rings. The lowest BCUT2D eigenvalue weighted by Crippen LogP contribution is -1.94. The molecule has 0 bridgehead atoms.